The average Bonchev–Trinajstić information content (AvgIpc) is 2.58. The molecule has 0 saturated heterocycles. The highest BCUT2D eigenvalue weighted by Crippen LogP contribution is 2.14. The largest absolute Gasteiger partial charge is 0.469 e. The fraction of sp³-hybridized carbons (Fsp3) is 0.278. The smallest absolute Gasteiger partial charge is 0.310 e. The second-order valence-electron chi connectivity index (χ2n) is 5.34. The lowest BCUT2D eigenvalue weighted by atomic mass is 9.98. The minimum absolute atomic E-state index is 0.257. The Morgan fingerprint density at radius 3 is 2.83 bits per heavy atom. The number of anilines is 1. The molecule has 0 saturated carbocycles. The number of aromatic nitrogens is 1. The molecule has 2 aromatic rings. The summed E-state index contributed by atoms with van der Waals surface area (Å²) in [6.45, 7) is 2.44. The van der Waals surface area contributed by atoms with Crippen molar-refractivity contribution in [1.82, 2.24) is 4.98 Å². The van der Waals surface area contributed by atoms with Crippen molar-refractivity contribution < 1.29 is 9.53 Å². The number of esters is 1. The van der Waals surface area contributed by atoms with Crippen molar-refractivity contribution in [2.75, 3.05) is 19.0 Å². The fourth-order valence-electron chi connectivity index (χ4n) is 2.32. The van der Waals surface area contributed by atoms with Crippen molar-refractivity contribution in [3.63, 3.8) is 0 Å². The lowest BCUT2D eigenvalue weighted by molar-refractivity contribution is -0.144. The number of ether oxygens (including phenoxy) is 1. The average molecular weight is 309 g/mol. The molecule has 1 heterocycles. The normalized spacial score (nSPS) is 11.3. The third kappa shape index (κ3) is 4.82. The molecule has 1 atom stereocenters. The zero-order chi connectivity index (χ0) is 16.7. The monoisotopic (exact) mass is 309 g/mol. The van der Waals surface area contributed by atoms with E-state index in [-0.39, 0.29) is 11.9 Å². The zero-order valence-corrected chi connectivity index (χ0v) is 13.2. The molecule has 5 heteroatoms. The summed E-state index contributed by atoms with van der Waals surface area (Å²) in [5.41, 5.74) is 2.75. The van der Waals surface area contributed by atoms with Crippen LogP contribution in [-0.2, 0) is 16.0 Å². The highest BCUT2D eigenvalue weighted by molar-refractivity contribution is 5.73. The van der Waals surface area contributed by atoms with Crippen molar-refractivity contribution in [2.24, 2.45) is 5.92 Å². The van der Waals surface area contributed by atoms with Gasteiger partial charge < -0.3 is 10.1 Å². The number of pyridine rings is 1. The Bertz CT molecular complexity index is 705. The van der Waals surface area contributed by atoms with Gasteiger partial charge in [-0.25, -0.2) is 4.98 Å². The van der Waals surface area contributed by atoms with Gasteiger partial charge in [0.05, 0.1) is 18.6 Å². The summed E-state index contributed by atoms with van der Waals surface area (Å²) in [5.74, 6) is 0.0639. The maximum Gasteiger partial charge on any atom is 0.310 e. The van der Waals surface area contributed by atoms with E-state index in [1.807, 2.05) is 31.2 Å². The molecule has 0 radical (unpaired) electrons. The number of nitrogens with zero attached hydrogens (tertiary/aromatic N) is 2. The van der Waals surface area contributed by atoms with Gasteiger partial charge in [0.15, 0.2) is 0 Å². The van der Waals surface area contributed by atoms with Crippen LogP contribution in [0.4, 0.5) is 5.82 Å². The Morgan fingerprint density at radius 2 is 2.22 bits per heavy atom. The fourth-order valence-corrected chi connectivity index (χ4v) is 2.32. The van der Waals surface area contributed by atoms with E-state index in [1.165, 1.54) is 13.3 Å². The molecule has 1 N–H and O–H groups in total. The highest BCUT2D eigenvalue weighted by atomic mass is 16.5. The first-order valence-electron chi connectivity index (χ1n) is 7.35. The molecule has 1 unspecified atom stereocenters. The van der Waals surface area contributed by atoms with Gasteiger partial charge in [0.2, 0.25) is 0 Å². The number of hydrogen-bond acceptors (Lipinski definition) is 5. The molecule has 0 spiro atoms. The standard InChI is InChI=1S/C18H19N3O2/c1-13-4-3-5-14(8-13)9-16(18(22)23-2)12-21-17-7-6-15(10-19)11-20-17/h3-8,11,16H,9,12H2,1-2H3,(H,20,21). The highest BCUT2D eigenvalue weighted by Gasteiger charge is 2.19. The van der Waals surface area contributed by atoms with Crippen LogP contribution < -0.4 is 5.32 Å². The lowest BCUT2D eigenvalue weighted by Crippen LogP contribution is -2.26. The summed E-state index contributed by atoms with van der Waals surface area (Å²) in [6.07, 6.45) is 2.09. The van der Waals surface area contributed by atoms with Crippen LogP contribution >= 0.6 is 0 Å². The molecule has 5 nitrogen and oxygen atoms in total. The molecule has 1 aromatic heterocycles. The molecule has 0 aliphatic heterocycles. The van der Waals surface area contributed by atoms with Gasteiger partial charge in [0.25, 0.3) is 0 Å². The number of nitrogens with one attached hydrogen (secondary N) is 1. The molecular formula is C18H19N3O2. The SMILES string of the molecule is COC(=O)C(CNc1ccc(C#N)cn1)Cc1cccc(C)c1. The molecule has 0 aliphatic carbocycles. The predicted octanol–water partition coefficient (Wildman–Crippen LogP) is 2.71. The Kier molecular flexibility index (Phi) is 5.70. The van der Waals surface area contributed by atoms with E-state index in [1.54, 1.807) is 12.1 Å². The Morgan fingerprint density at radius 1 is 1.39 bits per heavy atom. The molecule has 118 valence electrons. The number of nitriles is 1. The first-order chi connectivity index (χ1) is 11.1. The zero-order valence-electron chi connectivity index (χ0n) is 13.2. The summed E-state index contributed by atoms with van der Waals surface area (Å²) in [5, 5.41) is 11.9. The van der Waals surface area contributed by atoms with Crippen LogP contribution in [0.1, 0.15) is 16.7 Å². The first kappa shape index (κ1) is 16.5. The van der Waals surface area contributed by atoms with Gasteiger partial charge in [0, 0.05) is 12.7 Å². The van der Waals surface area contributed by atoms with Gasteiger partial charge in [0.1, 0.15) is 11.9 Å². The van der Waals surface area contributed by atoms with Gasteiger partial charge in [-0.05, 0) is 31.0 Å². The van der Waals surface area contributed by atoms with Crippen LogP contribution in [0.3, 0.4) is 0 Å². The molecule has 0 fully saturated rings. The summed E-state index contributed by atoms with van der Waals surface area (Å²) in [7, 11) is 1.39. The third-order valence-electron chi connectivity index (χ3n) is 3.52. The molecule has 1 aromatic carbocycles. The van der Waals surface area contributed by atoms with Crippen LogP contribution in [-0.4, -0.2) is 24.6 Å². The number of methoxy groups -OCH3 is 1. The van der Waals surface area contributed by atoms with Gasteiger partial charge in [-0.15, -0.1) is 0 Å². The topological polar surface area (TPSA) is 75.0 Å². The number of hydrogen-bond donors (Lipinski definition) is 1. The van der Waals surface area contributed by atoms with Crippen LogP contribution in [0.5, 0.6) is 0 Å². The van der Waals surface area contributed by atoms with E-state index in [0.29, 0.717) is 24.3 Å². The van der Waals surface area contributed by atoms with E-state index in [0.717, 1.165) is 11.1 Å². The minimum Gasteiger partial charge on any atom is -0.469 e. The van der Waals surface area contributed by atoms with E-state index in [9.17, 15) is 4.79 Å². The van der Waals surface area contributed by atoms with Crippen molar-refractivity contribution in [3.8, 4) is 6.07 Å². The quantitative estimate of drug-likeness (QED) is 0.830. The number of carbonyl (C=O) groups excluding carboxylic acids is 1. The van der Waals surface area contributed by atoms with E-state index < -0.39 is 0 Å². The molecule has 0 amide bonds. The van der Waals surface area contributed by atoms with Crippen LogP contribution in [0.15, 0.2) is 42.6 Å². The molecule has 0 aliphatic rings. The van der Waals surface area contributed by atoms with Crippen LogP contribution in [0, 0.1) is 24.2 Å². The van der Waals surface area contributed by atoms with Gasteiger partial charge in [-0.1, -0.05) is 29.8 Å². The number of carbonyl (C=O) groups is 1. The maximum atomic E-state index is 12.0. The summed E-state index contributed by atoms with van der Waals surface area (Å²) in [6, 6.07) is 13.5. The van der Waals surface area contributed by atoms with Crippen LogP contribution in [0.2, 0.25) is 0 Å². The van der Waals surface area contributed by atoms with Gasteiger partial charge in [-0.3, -0.25) is 4.79 Å². The van der Waals surface area contributed by atoms with Crippen molar-refractivity contribution >= 4 is 11.8 Å². The Labute approximate surface area is 135 Å². The van der Waals surface area contributed by atoms with Gasteiger partial charge in [-0.2, -0.15) is 5.26 Å². The number of rotatable bonds is 6. The van der Waals surface area contributed by atoms with E-state index in [2.05, 4.69) is 16.4 Å². The molecular weight excluding hydrogens is 290 g/mol. The Balaban J connectivity index is 2.03. The minimum atomic E-state index is -0.306. The second-order valence-corrected chi connectivity index (χ2v) is 5.34. The summed E-state index contributed by atoms with van der Waals surface area (Å²) in [4.78, 5) is 16.1. The second kappa shape index (κ2) is 7.95. The third-order valence-corrected chi connectivity index (χ3v) is 3.52. The van der Waals surface area contributed by atoms with E-state index in [4.69, 9.17) is 10.00 Å². The van der Waals surface area contributed by atoms with Crippen LogP contribution in [0.25, 0.3) is 0 Å². The summed E-state index contributed by atoms with van der Waals surface area (Å²) < 4.78 is 4.90. The number of aryl methyl sites for hydroxylation is 1. The molecule has 2 rings (SSSR count). The molecule has 0 bridgehead atoms. The van der Waals surface area contributed by atoms with Crippen molar-refractivity contribution in [3.05, 3.63) is 59.3 Å². The number of benzene rings is 1. The van der Waals surface area contributed by atoms with Crippen molar-refractivity contribution in [1.29, 1.82) is 5.26 Å². The first-order valence-corrected chi connectivity index (χ1v) is 7.35. The molecule has 23 heavy (non-hydrogen) atoms. The maximum absolute atomic E-state index is 12.0. The van der Waals surface area contributed by atoms with E-state index >= 15 is 0 Å². The Hall–Kier alpha value is -2.87. The van der Waals surface area contributed by atoms with Gasteiger partial charge >= 0.3 is 5.97 Å². The summed E-state index contributed by atoms with van der Waals surface area (Å²) >= 11 is 0. The lowest BCUT2D eigenvalue weighted by Gasteiger charge is -2.16. The van der Waals surface area contributed by atoms with Crippen molar-refractivity contribution in [2.45, 2.75) is 13.3 Å². The predicted molar refractivity (Wildman–Crippen MR) is 87.8 cm³/mol.